The number of ketones is 1. The Hall–Kier alpha value is -3.16. The predicted molar refractivity (Wildman–Crippen MR) is 135 cm³/mol. The summed E-state index contributed by atoms with van der Waals surface area (Å²) in [5.41, 5.74) is 9.49. The average molecular weight is 481 g/mol. The number of benzene rings is 1. The summed E-state index contributed by atoms with van der Waals surface area (Å²) < 4.78 is 14.9. The molecule has 1 fully saturated rings. The summed E-state index contributed by atoms with van der Waals surface area (Å²) in [6.07, 6.45) is 5.42. The number of carbonyl (C=O) groups is 1. The quantitative estimate of drug-likeness (QED) is 0.355. The minimum absolute atomic E-state index is 0.0309. The molecule has 0 saturated heterocycles. The van der Waals surface area contributed by atoms with E-state index in [4.69, 9.17) is 15.2 Å². The number of nitrogen functional groups attached to an aromatic ring is 1. The first kappa shape index (κ1) is 24.9. The number of hydrogen-bond donors (Lipinski definition) is 1. The van der Waals surface area contributed by atoms with Gasteiger partial charge in [-0.1, -0.05) is 51.6 Å². The fourth-order valence-corrected chi connectivity index (χ4v) is 4.62. The van der Waals surface area contributed by atoms with Crippen LogP contribution < -0.4 is 19.9 Å². The Bertz CT molecular complexity index is 1220. The lowest BCUT2D eigenvalue weighted by Gasteiger charge is -2.30. The molecule has 0 radical (unpaired) electrons. The monoisotopic (exact) mass is 480 g/mol. The van der Waals surface area contributed by atoms with E-state index in [0.717, 1.165) is 31.2 Å². The lowest BCUT2D eigenvalue weighted by molar-refractivity contribution is -0.714. The highest BCUT2D eigenvalue weighted by atomic mass is 16.5. The van der Waals surface area contributed by atoms with Gasteiger partial charge in [-0.2, -0.15) is 0 Å². The van der Waals surface area contributed by atoms with Crippen molar-refractivity contribution in [2.75, 3.05) is 12.8 Å². The molecule has 0 bridgehead atoms. The summed E-state index contributed by atoms with van der Waals surface area (Å²) in [6, 6.07) is 7.87. The third-order valence-corrected chi connectivity index (χ3v) is 6.99. The van der Waals surface area contributed by atoms with Gasteiger partial charge in [0.25, 0.3) is 5.88 Å². The first-order chi connectivity index (χ1) is 16.7. The van der Waals surface area contributed by atoms with Gasteiger partial charge in [0.2, 0.25) is 5.78 Å². The Labute approximate surface area is 207 Å². The van der Waals surface area contributed by atoms with Crippen molar-refractivity contribution in [3.05, 3.63) is 41.0 Å². The van der Waals surface area contributed by atoms with E-state index >= 15 is 0 Å². The highest BCUT2D eigenvalue weighted by Gasteiger charge is 2.30. The molecular weight excluding hydrogens is 442 g/mol. The number of ether oxygens (including phenoxy) is 2. The van der Waals surface area contributed by atoms with Crippen LogP contribution in [0.3, 0.4) is 0 Å². The molecular formula is C27H38N5O3+. The van der Waals surface area contributed by atoms with Gasteiger partial charge < -0.3 is 15.2 Å². The topological polar surface area (TPSA) is 95.6 Å². The fraction of sp³-hybridized carbons (Fsp3) is 0.556. The fourth-order valence-electron chi connectivity index (χ4n) is 4.62. The number of Topliss-reactive ketones (excluding diaryl/α,β-unsaturated/α-hetero) is 1. The average Bonchev–Trinajstić information content (AvgIpc) is 3.09. The second kappa shape index (κ2) is 9.84. The van der Waals surface area contributed by atoms with Crippen LogP contribution in [0, 0.1) is 0 Å². The van der Waals surface area contributed by atoms with E-state index < -0.39 is 0 Å². The third kappa shape index (κ3) is 4.97. The largest absolute Gasteiger partial charge is 0.496 e. The third-order valence-electron chi connectivity index (χ3n) is 6.99. The van der Waals surface area contributed by atoms with Crippen molar-refractivity contribution in [2.24, 2.45) is 0 Å². The molecule has 2 heterocycles. The zero-order valence-electron chi connectivity index (χ0n) is 21.8. The maximum absolute atomic E-state index is 13.7. The van der Waals surface area contributed by atoms with Crippen LogP contribution in [0.5, 0.6) is 11.6 Å². The first-order valence-corrected chi connectivity index (χ1v) is 12.6. The van der Waals surface area contributed by atoms with Crippen molar-refractivity contribution >= 4 is 17.4 Å². The summed E-state index contributed by atoms with van der Waals surface area (Å²) in [5.74, 6) is 1.76. The lowest BCUT2D eigenvalue weighted by Crippen LogP contribution is -2.40. The summed E-state index contributed by atoms with van der Waals surface area (Å²) in [6.45, 7) is 10.6. The molecule has 8 nitrogen and oxygen atoms in total. The van der Waals surface area contributed by atoms with Gasteiger partial charge in [0, 0.05) is 17.7 Å². The Morgan fingerprint density at radius 1 is 1.23 bits per heavy atom. The molecule has 0 amide bonds. The number of fused-ring (bicyclic) bond motifs is 1. The summed E-state index contributed by atoms with van der Waals surface area (Å²) in [7, 11) is 1.63. The van der Waals surface area contributed by atoms with Gasteiger partial charge in [0.1, 0.15) is 11.9 Å². The first-order valence-electron chi connectivity index (χ1n) is 12.6. The molecule has 1 aliphatic carbocycles. The van der Waals surface area contributed by atoms with Crippen molar-refractivity contribution in [2.45, 2.75) is 90.7 Å². The molecule has 1 saturated carbocycles. The predicted octanol–water partition coefficient (Wildman–Crippen LogP) is 4.62. The molecule has 35 heavy (non-hydrogen) atoms. The van der Waals surface area contributed by atoms with Gasteiger partial charge in [-0.05, 0) is 58.8 Å². The van der Waals surface area contributed by atoms with Gasteiger partial charge in [-0.3, -0.25) is 4.79 Å². The summed E-state index contributed by atoms with van der Waals surface area (Å²) in [5, 5.41) is 8.90. The molecule has 4 rings (SSSR count). The highest BCUT2D eigenvalue weighted by Crippen LogP contribution is 2.42. The Balaban J connectivity index is 1.69. The van der Waals surface area contributed by atoms with Gasteiger partial charge in [-0.15, -0.1) is 4.68 Å². The SMILES string of the molecule is CCC(CC)Oc1ccc2n(n1)c(N)n[n+]2CC(=O)c1cc(C2CCC2)cc(C(C)(C)C)c1OC. The molecule has 3 aromatic rings. The summed E-state index contributed by atoms with van der Waals surface area (Å²) >= 11 is 0. The van der Waals surface area contributed by atoms with E-state index in [1.54, 1.807) is 17.9 Å². The van der Waals surface area contributed by atoms with Crippen molar-refractivity contribution in [1.29, 1.82) is 0 Å². The highest BCUT2D eigenvalue weighted by molar-refractivity contribution is 5.98. The minimum Gasteiger partial charge on any atom is -0.496 e. The van der Waals surface area contributed by atoms with Crippen molar-refractivity contribution in [1.82, 2.24) is 14.7 Å². The van der Waals surface area contributed by atoms with Gasteiger partial charge >= 0.3 is 11.6 Å². The van der Waals surface area contributed by atoms with Crippen LogP contribution in [0.4, 0.5) is 5.95 Å². The maximum atomic E-state index is 13.7. The Kier molecular flexibility index (Phi) is 7.01. The molecule has 0 atom stereocenters. The molecule has 0 spiro atoms. The number of nitrogens with zero attached hydrogens (tertiary/aromatic N) is 4. The van der Waals surface area contributed by atoms with E-state index in [2.05, 4.69) is 50.9 Å². The van der Waals surface area contributed by atoms with Crippen LogP contribution in [0.15, 0.2) is 24.3 Å². The van der Waals surface area contributed by atoms with Crippen LogP contribution >= 0.6 is 0 Å². The molecule has 0 unspecified atom stereocenters. The van der Waals surface area contributed by atoms with E-state index in [1.807, 2.05) is 12.1 Å². The number of rotatable bonds is 9. The van der Waals surface area contributed by atoms with Gasteiger partial charge in [0.15, 0.2) is 6.54 Å². The Morgan fingerprint density at radius 3 is 2.51 bits per heavy atom. The van der Waals surface area contributed by atoms with Crippen LogP contribution in [0.1, 0.15) is 94.1 Å². The number of aromatic nitrogens is 4. The molecule has 0 aliphatic heterocycles. The second-order valence-electron chi connectivity index (χ2n) is 10.5. The normalized spacial score (nSPS) is 14.4. The number of methoxy groups -OCH3 is 1. The second-order valence-corrected chi connectivity index (χ2v) is 10.5. The molecule has 2 N–H and O–H groups in total. The van der Waals surface area contributed by atoms with E-state index in [0.29, 0.717) is 28.8 Å². The molecule has 188 valence electrons. The lowest BCUT2D eigenvalue weighted by atomic mass is 9.76. The standard InChI is InChI=1S/C27H38N5O3/c1-7-19(8-2)35-23-12-13-24-31(30-26(28)32(24)29-23)16-22(33)20-14-18(17-10-9-11-17)15-21(25(20)34-6)27(3,4)5/h12-15,17,19H,7-11,16H2,1-6H3,(H2,28,30)/q+1. The van der Waals surface area contributed by atoms with Gasteiger partial charge in [-0.25, -0.2) is 0 Å². The number of hydrogen-bond acceptors (Lipinski definition) is 6. The van der Waals surface area contributed by atoms with E-state index in [-0.39, 0.29) is 29.8 Å². The zero-order chi connectivity index (χ0) is 25.3. The van der Waals surface area contributed by atoms with Crippen molar-refractivity contribution in [3.63, 3.8) is 0 Å². The molecule has 8 heteroatoms. The Morgan fingerprint density at radius 2 is 1.94 bits per heavy atom. The van der Waals surface area contributed by atoms with Crippen molar-refractivity contribution in [3.8, 4) is 11.6 Å². The number of carbonyl (C=O) groups excluding carboxylic acids is 1. The number of anilines is 1. The number of nitrogens with two attached hydrogens (primary N) is 1. The van der Waals surface area contributed by atoms with E-state index in [1.165, 1.54) is 16.5 Å². The van der Waals surface area contributed by atoms with Crippen LogP contribution in [-0.2, 0) is 12.0 Å². The molecule has 2 aromatic heterocycles. The van der Waals surface area contributed by atoms with Crippen LogP contribution in [0.25, 0.3) is 5.65 Å². The summed E-state index contributed by atoms with van der Waals surface area (Å²) in [4.78, 5) is 13.7. The zero-order valence-corrected chi connectivity index (χ0v) is 21.8. The van der Waals surface area contributed by atoms with Crippen LogP contribution in [0.2, 0.25) is 0 Å². The van der Waals surface area contributed by atoms with Crippen LogP contribution in [-0.4, -0.2) is 33.7 Å². The maximum Gasteiger partial charge on any atom is 0.355 e. The van der Waals surface area contributed by atoms with E-state index in [9.17, 15) is 4.79 Å². The smallest absolute Gasteiger partial charge is 0.355 e. The van der Waals surface area contributed by atoms with Crippen molar-refractivity contribution < 1.29 is 19.0 Å². The molecule has 1 aromatic carbocycles. The minimum atomic E-state index is -0.159. The van der Waals surface area contributed by atoms with Gasteiger partial charge in [0.05, 0.1) is 12.7 Å². The molecule has 1 aliphatic rings.